The monoisotopic (exact) mass is 291 g/mol. The summed E-state index contributed by atoms with van der Waals surface area (Å²) in [4.78, 5) is 14.0. The molecule has 20 heavy (non-hydrogen) atoms. The number of aryl methyl sites for hydroxylation is 1. The Balaban J connectivity index is 1.71. The van der Waals surface area contributed by atoms with Crippen molar-refractivity contribution in [2.24, 2.45) is 11.8 Å². The van der Waals surface area contributed by atoms with Crippen LogP contribution in [0.3, 0.4) is 0 Å². The lowest BCUT2D eigenvalue weighted by molar-refractivity contribution is 0.0890. The SMILES string of the molecule is C[C@H]1[C@H](C)CCC[C@@H]1NC(=O)c1csc2c1CCCC2. The molecule has 1 fully saturated rings. The van der Waals surface area contributed by atoms with Gasteiger partial charge in [-0.2, -0.15) is 0 Å². The number of hydrogen-bond donors (Lipinski definition) is 1. The highest BCUT2D eigenvalue weighted by atomic mass is 32.1. The first-order chi connectivity index (χ1) is 9.66. The van der Waals surface area contributed by atoms with E-state index in [1.54, 1.807) is 11.3 Å². The first-order valence-electron chi connectivity index (χ1n) is 8.07. The van der Waals surface area contributed by atoms with Gasteiger partial charge in [0.15, 0.2) is 0 Å². The van der Waals surface area contributed by atoms with E-state index in [4.69, 9.17) is 0 Å². The Morgan fingerprint density at radius 3 is 2.85 bits per heavy atom. The number of carbonyl (C=O) groups excluding carboxylic acids is 1. The third kappa shape index (κ3) is 2.65. The molecule has 3 atom stereocenters. The molecule has 2 nitrogen and oxygen atoms in total. The van der Waals surface area contributed by atoms with Crippen molar-refractivity contribution in [3.8, 4) is 0 Å². The van der Waals surface area contributed by atoms with E-state index in [-0.39, 0.29) is 5.91 Å². The zero-order chi connectivity index (χ0) is 14.1. The highest BCUT2D eigenvalue weighted by Crippen LogP contribution is 2.32. The van der Waals surface area contributed by atoms with Crippen molar-refractivity contribution in [2.75, 3.05) is 0 Å². The van der Waals surface area contributed by atoms with Gasteiger partial charge in [-0.05, 0) is 49.5 Å². The Labute approximate surface area is 126 Å². The zero-order valence-electron chi connectivity index (χ0n) is 12.6. The van der Waals surface area contributed by atoms with Crippen LogP contribution in [-0.4, -0.2) is 11.9 Å². The first kappa shape index (κ1) is 14.1. The summed E-state index contributed by atoms with van der Waals surface area (Å²) in [6.07, 6.45) is 8.48. The minimum Gasteiger partial charge on any atom is -0.349 e. The Hall–Kier alpha value is -0.830. The van der Waals surface area contributed by atoms with Crippen LogP contribution in [-0.2, 0) is 12.8 Å². The van der Waals surface area contributed by atoms with Crippen molar-refractivity contribution in [3.63, 3.8) is 0 Å². The van der Waals surface area contributed by atoms with Gasteiger partial charge in [-0.1, -0.05) is 26.7 Å². The van der Waals surface area contributed by atoms with Gasteiger partial charge in [-0.25, -0.2) is 0 Å². The highest BCUT2D eigenvalue weighted by molar-refractivity contribution is 7.10. The van der Waals surface area contributed by atoms with E-state index < -0.39 is 0 Å². The van der Waals surface area contributed by atoms with Crippen LogP contribution in [0, 0.1) is 11.8 Å². The molecule has 0 aromatic carbocycles. The molecule has 3 rings (SSSR count). The number of thiophene rings is 1. The van der Waals surface area contributed by atoms with Gasteiger partial charge < -0.3 is 5.32 Å². The van der Waals surface area contributed by atoms with Crippen LogP contribution >= 0.6 is 11.3 Å². The minimum atomic E-state index is 0.176. The molecule has 110 valence electrons. The molecule has 3 heteroatoms. The molecular weight excluding hydrogens is 266 g/mol. The summed E-state index contributed by atoms with van der Waals surface area (Å²) in [6.45, 7) is 4.60. The van der Waals surface area contributed by atoms with Gasteiger partial charge in [0.1, 0.15) is 0 Å². The molecule has 0 radical (unpaired) electrons. The van der Waals surface area contributed by atoms with E-state index in [9.17, 15) is 4.79 Å². The number of nitrogens with one attached hydrogen (secondary N) is 1. The average molecular weight is 291 g/mol. The maximum Gasteiger partial charge on any atom is 0.252 e. The van der Waals surface area contributed by atoms with Crippen LogP contribution < -0.4 is 5.32 Å². The predicted octanol–water partition coefficient (Wildman–Crippen LogP) is 4.18. The third-order valence-electron chi connectivity index (χ3n) is 5.33. The van der Waals surface area contributed by atoms with E-state index in [0.717, 1.165) is 24.3 Å². The van der Waals surface area contributed by atoms with Crippen LogP contribution in [0.4, 0.5) is 0 Å². The maximum absolute atomic E-state index is 12.6. The van der Waals surface area contributed by atoms with E-state index in [0.29, 0.717) is 12.0 Å². The molecule has 1 amide bonds. The molecule has 1 heterocycles. The second-order valence-electron chi connectivity index (χ2n) is 6.61. The minimum absolute atomic E-state index is 0.176. The highest BCUT2D eigenvalue weighted by Gasteiger charge is 2.29. The zero-order valence-corrected chi connectivity index (χ0v) is 13.4. The van der Waals surface area contributed by atoms with Gasteiger partial charge >= 0.3 is 0 Å². The molecule has 0 bridgehead atoms. The van der Waals surface area contributed by atoms with Crippen molar-refractivity contribution in [2.45, 2.75) is 64.8 Å². The fourth-order valence-corrected chi connectivity index (χ4v) is 4.84. The quantitative estimate of drug-likeness (QED) is 0.870. The summed E-state index contributed by atoms with van der Waals surface area (Å²) in [5.41, 5.74) is 2.31. The number of fused-ring (bicyclic) bond motifs is 1. The van der Waals surface area contributed by atoms with Gasteiger partial charge in [-0.3, -0.25) is 4.79 Å². The van der Waals surface area contributed by atoms with Crippen LogP contribution in [0.25, 0.3) is 0 Å². The fourth-order valence-electron chi connectivity index (χ4n) is 3.72. The van der Waals surface area contributed by atoms with Crippen LogP contribution in [0.1, 0.15) is 66.8 Å². The first-order valence-corrected chi connectivity index (χ1v) is 8.95. The molecule has 0 unspecified atom stereocenters. The second-order valence-corrected chi connectivity index (χ2v) is 7.57. The van der Waals surface area contributed by atoms with Gasteiger partial charge in [0.2, 0.25) is 0 Å². The van der Waals surface area contributed by atoms with E-state index in [1.165, 1.54) is 42.5 Å². The Morgan fingerprint density at radius 1 is 1.20 bits per heavy atom. The number of hydrogen-bond acceptors (Lipinski definition) is 2. The van der Waals surface area contributed by atoms with Crippen molar-refractivity contribution >= 4 is 17.2 Å². The van der Waals surface area contributed by atoms with Crippen molar-refractivity contribution in [1.29, 1.82) is 0 Å². The topological polar surface area (TPSA) is 29.1 Å². The van der Waals surface area contributed by atoms with Crippen molar-refractivity contribution in [3.05, 3.63) is 21.4 Å². The molecule has 0 aliphatic heterocycles. The smallest absolute Gasteiger partial charge is 0.252 e. The Kier molecular flexibility index (Phi) is 4.16. The summed E-state index contributed by atoms with van der Waals surface area (Å²) < 4.78 is 0. The Bertz CT molecular complexity index is 493. The summed E-state index contributed by atoms with van der Waals surface area (Å²) >= 11 is 1.78. The Morgan fingerprint density at radius 2 is 2.00 bits per heavy atom. The molecular formula is C17H25NOS. The van der Waals surface area contributed by atoms with Crippen LogP contribution in [0.15, 0.2) is 5.38 Å². The largest absolute Gasteiger partial charge is 0.349 e. The molecule has 2 aliphatic rings. The predicted molar refractivity (Wildman–Crippen MR) is 84.4 cm³/mol. The lowest BCUT2D eigenvalue weighted by Gasteiger charge is -2.34. The normalized spacial score (nSPS) is 29.8. The van der Waals surface area contributed by atoms with Crippen molar-refractivity contribution < 1.29 is 4.79 Å². The number of rotatable bonds is 2. The van der Waals surface area contributed by atoms with Gasteiger partial charge in [0.25, 0.3) is 5.91 Å². The van der Waals surface area contributed by atoms with Crippen molar-refractivity contribution in [1.82, 2.24) is 5.32 Å². The van der Waals surface area contributed by atoms with Crippen LogP contribution in [0.2, 0.25) is 0 Å². The molecule has 0 spiro atoms. The molecule has 1 aromatic rings. The number of amides is 1. The standard InChI is InChI=1S/C17H25NOS/c1-11-6-5-8-15(12(11)2)18-17(19)14-10-20-16-9-4-3-7-13(14)16/h10-12,15H,3-9H2,1-2H3,(H,18,19)/t11-,12+,15+/m1/s1. The summed E-state index contributed by atoms with van der Waals surface area (Å²) in [6, 6.07) is 0.366. The van der Waals surface area contributed by atoms with E-state index in [1.807, 2.05) is 0 Å². The molecule has 2 aliphatic carbocycles. The lowest BCUT2D eigenvalue weighted by Crippen LogP contribution is -2.43. The van der Waals surface area contributed by atoms with Crippen LogP contribution in [0.5, 0.6) is 0 Å². The average Bonchev–Trinajstić information content (AvgIpc) is 2.88. The van der Waals surface area contributed by atoms with Gasteiger partial charge in [0, 0.05) is 16.3 Å². The lowest BCUT2D eigenvalue weighted by atomic mass is 9.78. The second kappa shape index (κ2) is 5.88. The molecule has 1 saturated carbocycles. The summed E-state index contributed by atoms with van der Waals surface area (Å²) in [5.74, 6) is 1.50. The molecule has 1 N–H and O–H groups in total. The fraction of sp³-hybridized carbons (Fsp3) is 0.706. The maximum atomic E-state index is 12.6. The molecule has 0 saturated heterocycles. The van der Waals surface area contributed by atoms with Gasteiger partial charge in [0.05, 0.1) is 5.56 Å². The van der Waals surface area contributed by atoms with Gasteiger partial charge in [-0.15, -0.1) is 11.3 Å². The molecule has 1 aromatic heterocycles. The van der Waals surface area contributed by atoms with E-state index >= 15 is 0 Å². The third-order valence-corrected chi connectivity index (χ3v) is 6.42. The summed E-state index contributed by atoms with van der Waals surface area (Å²) in [5, 5.41) is 5.40. The summed E-state index contributed by atoms with van der Waals surface area (Å²) in [7, 11) is 0. The van der Waals surface area contributed by atoms with E-state index in [2.05, 4.69) is 24.5 Å². The number of carbonyl (C=O) groups is 1.